The molecule has 4 aromatic rings. The lowest BCUT2D eigenvalue weighted by Crippen LogP contribution is -1.97. The van der Waals surface area contributed by atoms with Gasteiger partial charge in [0.1, 0.15) is 0 Å². The van der Waals surface area contributed by atoms with Crippen LogP contribution in [-0.2, 0) is 0 Å². The van der Waals surface area contributed by atoms with Crippen molar-refractivity contribution in [1.29, 1.82) is 0 Å². The van der Waals surface area contributed by atoms with Crippen LogP contribution in [0.15, 0.2) is 53.6 Å². The Morgan fingerprint density at radius 2 is 1.87 bits per heavy atom. The molecular weight excluding hydrogens is 290 g/mol. The normalized spacial score (nSPS) is 11.4. The Morgan fingerprint density at radius 3 is 2.65 bits per heavy atom. The SMILES string of the molecule is CC(C)n1cnc2cc(-c3nc(-c4ccncc4)no3)ccc21. The van der Waals surface area contributed by atoms with Crippen molar-refractivity contribution < 1.29 is 4.52 Å². The number of hydrogen-bond acceptors (Lipinski definition) is 5. The van der Waals surface area contributed by atoms with E-state index in [0.29, 0.717) is 17.8 Å². The van der Waals surface area contributed by atoms with Crippen LogP contribution in [0.5, 0.6) is 0 Å². The molecule has 4 rings (SSSR count). The first-order valence-electron chi connectivity index (χ1n) is 7.43. The van der Waals surface area contributed by atoms with Crippen LogP contribution in [0.2, 0.25) is 0 Å². The van der Waals surface area contributed by atoms with Gasteiger partial charge in [-0.25, -0.2) is 4.98 Å². The molecule has 6 heteroatoms. The van der Waals surface area contributed by atoms with Gasteiger partial charge in [0, 0.05) is 29.6 Å². The van der Waals surface area contributed by atoms with Crippen molar-refractivity contribution in [1.82, 2.24) is 24.7 Å². The van der Waals surface area contributed by atoms with Crippen molar-refractivity contribution >= 4 is 11.0 Å². The number of pyridine rings is 1. The fourth-order valence-electron chi connectivity index (χ4n) is 2.54. The van der Waals surface area contributed by atoms with Crippen molar-refractivity contribution in [2.45, 2.75) is 19.9 Å². The van der Waals surface area contributed by atoms with Crippen LogP contribution in [0, 0.1) is 0 Å². The quantitative estimate of drug-likeness (QED) is 0.577. The second-order valence-electron chi connectivity index (χ2n) is 5.61. The van der Waals surface area contributed by atoms with Gasteiger partial charge in [0.2, 0.25) is 5.82 Å². The summed E-state index contributed by atoms with van der Waals surface area (Å²) >= 11 is 0. The maximum atomic E-state index is 5.39. The highest BCUT2D eigenvalue weighted by Crippen LogP contribution is 2.26. The third-order valence-corrected chi connectivity index (χ3v) is 3.74. The molecule has 0 saturated heterocycles. The molecule has 114 valence electrons. The van der Waals surface area contributed by atoms with Gasteiger partial charge in [0.15, 0.2) is 0 Å². The van der Waals surface area contributed by atoms with Crippen LogP contribution < -0.4 is 0 Å². The Morgan fingerprint density at radius 1 is 1.04 bits per heavy atom. The molecule has 6 nitrogen and oxygen atoms in total. The largest absolute Gasteiger partial charge is 0.334 e. The molecule has 3 heterocycles. The first-order chi connectivity index (χ1) is 11.2. The van der Waals surface area contributed by atoms with Crippen molar-refractivity contribution in [3.05, 3.63) is 49.1 Å². The van der Waals surface area contributed by atoms with Gasteiger partial charge in [-0.15, -0.1) is 0 Å². The maximum Gasteiger partial charge on any atom is 0.258 e. The molecule has 0 fully saturated rings. The number of benzene rings is 1. The van der Waals surface area contributed by atoms with Crippen LogP contribution in [0.1, 0.15) is 19.9 Å². The predicted molar refractivity (Wildman–Crippen MR) is 86.6 cm³/mol. The molecule has 23 heavy (non-hydrogen) atoms. The number of nitrogens with zero attached hydrogens (tertiary/aromatic N) is 5. The molecule has 0 spiro atoms. The zero-order chi connectivity index (χ0) is 15.8. The number of fused-ring (bicyclic) bond motifs is 1. The van der Waals surface area contributed by atoms with E-state index in [1.165, 1.54) is 0 Å². The van der Waals surface area contributed by atoms with E-state index >= 15 is 0 Å². The van der Waals surface area contributed by atoms with Gasteiger partial charge < -0.3 is 9.09 Å². The third kappa shape index (κ3) is 2.38. The standard InChI is InChI=1S/C17H15N5O/c1-11(2)22-10-19-14-9-13(3-4-15(14)22)17-20-16(21-23-17)12-5-7-18-8-6-12/h3-11H,1-2H3. The lowest BCUT2D eigenvalue weighted by Gasteiger charge is -2.07. The molecule has 0 amide bonds. The molecule has 0 aliphatic rings. The van der Waals surface area contributed by atoms with Crippen LogP contribution in [0.3, 0.4) is 0 Å². The molecule has 0 aliphatic heterocycles. The Kier molecular flexibility index (Phi) is 3.15. The van der Waals surface area contributed by atoms with Gasteiger partial charge in [-0.3, -0.25) is 4.98 Å². The van der Waals surface area contributed by atoms with Gasteiger partial charge in [0.25, 0.3) is 5.89 Å². The summed E-state index contributed by atoms with van der Waals surface area (Å²) in [6, 6.07) is 10.1. The van der Waals surface area contributed by atoms with E-state index < -0.39 is 0 Å². The highest BCUT2D eigenvalue weighted by molar-refractivity contribution is 5.80. The molecule has 3 aromatic heterocycles. The van der Waals surface area contributed by atoms with Crippen LogP contribution in [0.25, 0.3) is 33.9 Å². The predicted octanol–water partition coefficient (Wildman–Crippen LogP) is 3.73. The Bertz CT molecular complexity index is 955. The van der Waals surface area contributed by atoms with Gasteiger partial charge in [-0.2, -0.15) is 4.98 Å². The van der Waals surface area contributed by atoms with Crippen LogP contribution in [-0.4, -0.2) is 24.7 Å². The lowest BCUT2D eigenvalue weighted by molar-refractivity contribution is 0.432. The Labute approximate surface area is 132 Å². The summed E-state index contributed by atoms with van der Waals surface area (Å²) in [5, 5.41) is 4.04. The van der Waals surface area contributed by atoms with Gasteiger partial charge in [0.05, 0.1) is 17.4 Å². The smallest absolute Gasteiger partial charge is 0.258 e. The number of rotatable bonds is 3. The Balaban J connectivity index is 1.74. The maximum absolute atomic E-state index is 5.39. The molecule has 0 saturated carbocycles. The third-order valence-electron chi connectivity index (χ3n) is 3.74. The summed E-state index contributed by atoms with van der Waals surface area (Å²) in [4.78, 5) is 12.9. The summed E-state index contributed by atoms with van der Waals surface area (Å²) < 4.78 is 7.53. The average molecular weight is 305 g/mol. The molecule has 1 aromatic carbocycles. The fourth-order valence-corrected chi connectivity index (χ4v) is 2.54. The molecule has 0 bridgehead atoms. The number of aromatic nitrogens is 5. The summed E-state index contributed by atoms with van der Waals surface area (Å²) in [5.41, 5.74) is 3.75. The minimum absolute atomic E-state index is 0.368. The minimum atomic E-state index is 0.368. The van der Waals surface area contributed by atoms with E-state index in [1.807, 2.05) is 36.7 Å². The molecule has 0 unspecified atom stereocenters. The Hall–Kier alpha value is -3.02. The second kappa shape index (κ2) is 5.31. The average Bonchev–Trinajstić information content (AvgIpc) is 3.22. The van der Waals surface area contributed by atoms with E-state index in [-0.39, 0.29) is 0 Å². The van der Waals surface area contributed by atoms with E-state index in [4.69, 9.17) is 4.52 Å². The zero-order valence-corrected chi connectivity index (χ0v) is 12.8. The van der Waals surface area contributed by atoms with Gasteiger partial charge in [-0.05, 0) is 44.2 Å². The molecule has 0 atom stereocenters. The van der Waals surface area contributed by atoms with Gasteiger partial charge in [-0.1, -0.05) is 5.16 Å². The first-order valence-corrected chi connectivity index (χ1v) is 7.43. The van der Waals surface area contributed by atoms with Crippen LogP contribution in [0.4, 0.5) is 0 Å². The molecule has 0 N–H and O–H groups in total. The van der Waals surface area contributed by atoms with E-state index in [9.17, 15) is 0 Å². The van der Waals surface area contributed by atoms with Crippen molar-refractivity contribution in [2.24, 2.45) is 0 Å². The second-order valence-corrected chi connectivity index (χ2v) is 5.61. The van der Waals surface area contributed by atoms with Crippen molar-refractivity contribution in [2.75, 3.05) is 0 Å². The van der Waals surface area contributed by atoms with E-state index in [0.717, 1.165) is 22.2 Å². The zero-order valence-electron chi connectivity index (χ0n) is 12.8. The summed E-state index contributed by atoms with van der Waals surface area (Å²) in [6.07, 6.45) is 5.27. The van der Waals surface area contributed by atoms with E-state index in [1.54, 1.807) is 12.4 Å². The highest BCUT2D eigenvalue weighted by Gasteiger charge is 2.13. The van der Waals surface area contributed by atoms with Gasteiger partial charge >= 0.3 is 0 Å². The molecular formula is C17H15N5O. The molecule has 0 aliphatic carbocycles. The minimum Gasteiger partial charge on any atom is -0.334 e. The summed E-state index contributed by atoms with van der Waals surface area (Å²) in [7, 11) is 0. The fraction of sp³-hybridized carbons (Fsp3) is 0.176. The topological polar surface area (TPSA) is 69.6 Å². The first kappa shape index (κ1) is 13.6. The monoisotopic (exact) mass is 305 g/mol. The lowest BCUT2D eigenvalue weighted by atomic mass is 10.2. The summed E-state index contributed by atoms with van der Waals surface area (Å²) in [6.45, 7) is 4.27. The van der Waals surface area contributed by atoms with Crippen molar-refractivity contribution in [3.8, 4) is 22.8 Å². The highest BCUT2D eigenvalue weighted by atomic mass is 16.5. The molecule has 0 radical (unpaired) electrons. The summed E-state index contributed by atoms with van der Waals surface area (Å²) in [5.74, 6) is 1.04. The number of hydrogen-bond donors (Lipinski definition) is 0. The van der Waals surface area contributed by atoms with Crippen LogP contribution >= 0.6 is 0 Å². The van der Waals surface area contributed by atoms with Crippen molar-refractivity contribution in [3.63, 3.8) is 0 Å². The van der Waals surface area contributed by atoms with E-state index in [2.05, 4.69) is 38.5 Å². The number of imidazole rings is 1.